The molecular formula is C7H4ClNO6S. The first-order valence-corrected chi connectivity index (χ1v) is 6.01. The largest absolute Gasteiger partial charge is 0.477 e. The number of nitro benzene ring substituents is 1. The van der Waals surface area contributed by atoms with E-state index in [2.05, 4.69) is 0 Å². The molecule has 9 heteroatoms. The lowest BCUT2D eigenvalue weighted by molar-refractivity contribution is -0.385. The van der Waals surface area contributed by atoms with E-state index >= 15 is 0 Å². The fraction of sp³-hybridized carbons (Fsp3) is 0. The van der Waals surface area contributed by atoms with E-state index in [0.717, 1.165) is 18.2 Å². The number of hydrogen-bond acceptors (Lipinski definition) is 5. The third kappa shape index (κ3) is 2.28. The number of nitro groups is 1. The minimum atomic E-state index is -4.35. The summed E-state index contributed by atoms with van der Waals surface area (Å²) in [5.74, 6) is -1.73. The second-order valence-electron chi connectivity index (χ2n) is 2.65. The number of halogens is 1. The monoisotopic (exact) mass is 265 g/mol. The van der Waals surface area contributed by atoms with Gasteiger partial charge in [-0.2, -0.15) is 0 Å². The van der Waals surface area contributed by atoms with Gasteiger partial charge in [-0.1, -0.05) is 6.07 Å². The maximum atomic E-state index is 11.0. The lowest BCUT2D eigenvalue weighted by atomic mass is 10.2. The zero-order valence-corrected chi connectivity index (χ0v) is 9.03. The number of benzene rings is 1. The van der Waals surface area contributed by atoms with Crippen molar-refractivity contribution in [2.24, 2.45) is 0 Å². The van der Waals surface area contributed by atoms with E-state index in [4.69, 9.17) is 15.8 Å². The Labute approximate surface area is 93.8 Å². The molecule has 16 heavy (non-hydrogen) atoms. The molecule has 0 saturated heterocycles. The zero-order valence-electron chi connectivity index (χ0n) is 7.45. The van der Waals surface area contributed by atoms with Crippen LogP contribution in [0.4, 0.5) is 5.69 Å². The summed E-state index contributed by atoms with van der Waals surface area (Å²) in [7, 11) is 0.623. The van der Waals surface area contributed by atoms with Crippen LogP contribution in [-0.2, 0) is 9.05 Å². The molecule has 0 amide bonds. The van der Waals surface area contributed by atoms with E-state index in [1.54, 1.807) is 0 Å². The Morgan fingerprint density at radius 1 is 1.44 bits per heavy atom. The highest BCUT2D eigenvalue weighted by atomic mass is 35.7. The van der Waals surface area contributed by atoms with Gasteiger partial charge in [0.25, 0.3) is 14.7 Å². The first kappa shape index (κ1) is 12.4. The molecule has 0 spiro atoms. The number of hydrogen-bond donors (Lipinski definition) is 1. The Hall–Kier alpha value is -1.67. The molecule has 0 fully saturated rings. The van der Waals surface area contributed by atoms with E-state index in [1.807, 2.05) is 0 Å². The van der Waals surface area contributed by atoms with Crippen LogP contribution in [0, 0.1) is 10.1 Å². The molecule has 1 aromatic carbocycles. The van der Waals surface area contributed by atoms with Crippen molar-refractivity contribution in [2.75, 3.05) is 0 Å². The van der Waals surface area contributed by atoms with Gasteiger partial charge in [-0.25, -0.2) is 13.2 Å². The number of rotatable bonds is 3. The van der Waals surface area contributed by atoms with Gasteiger partial charge in [0.1, 0.15) is 4.90 Å². The highest BCUT2D eigenvalue weighted by Gasteiger charge is 2.29. The molecule has 0 aromatic heterocycles. The molecule has 0 heterocycles. The van der Waals surface area contributed by atoms with Crippen LogP contribution in [0.2, 0.25) is 0 Å². The summed E-state index contributed by atoms with van der Waals surface area (Å²) in [5.41, 5.74) is -1.77. The molecule has 0 atom stereocenters. The summed E-state index contributed by atoms with van der Waals surface area (Å²) in [6, 6.07) is 2.81. The van der Waals surface area contributed by atoms with Crippen molar-refractivity contribution in [2.45, 2.75) is 4.90 Å². The van der Waals surface area contributed by atoms with Crippen molar-refractivity contribution >= 4 is 31.4 Å². The number of carboxylic acid groups (broad SMARTS) is 1. The Morgan fingerprint density at radius 3 is 2.38 bits per heavy atom. The van der Waals surface area contributed by atoms with Crippen LogP contribution >= 0.6 is 10.7 Å². The normalized spacial score (nSPS) is 11.1. The quantitative estimate of drug-likeness (QED) is 0.499. The van der Waals surface area contributed by atoms with Gasteiger partial charge >= 0.3 is 5.97 Å². The van der Waals surface area contributed by atoms with Crippen molar-refractivity contribution < 1.29 is 23.2 Å². The lowest BCUT2D eigenvalue weighted by Crippen LogP contribution is -2.08. The molecule has 0 bridgehead atoms. The molecule has 1 N–H and O–H groups in total. The Morgan fingerprint density at radius 2 is 2.00 bits per heavy atom. The van der Waals surface area contributed by atoms with Gasteiger partial charge in [0, 0.05) is 16.7 Å². The van der Waals surface area contributed by atoms with Gasteiger partial charge in [-0.05, 0) is 6.07 Å². The van der Waals surface area contributed by atoms with Crippen LogP contribution in [0.3, 0.4) is 0 Å². The first-order chi connectivity index (χ1) is 7.25. The number of carbonyl (C=O) groups is 1. The molecule has 7 nitrogen and oxygen atoms in total. The molecule has 0 aliphatic rings. The second-order valence-corrected chi connectivity index (χ2v) is 5.18. The van der Waals surface area contributed by atoms with E-state index in [9.17, 15) is 23.3 Å². The summed E-state index contributed by atoms with van der Waals surface area (Å²) >= 11 is 0. The summed E-state index contributed by atoms with van der Waals surface area (Å²) in [4.78, 5) is 19.5. The highest BCUT2D eigenvalue weighted by Crippen LogP contribution is 2.27. The summed E-state index contributed by atoms with van der Waals surface area (Å²) in [6.07, 6.45) is 0. The van der Waals surface area contributed by atoms with Crippen LogP contribution in [0.25, 0.3) is 0 Å². The third-order valence-corrected chi connectivity index (χ3v) is 3.04. The fourth-order valence-electron chi connectivity index (χ4n) is 1.09. The minimum Gasteiger partial charge on any atom is -0.477 e. The van der Waals surface area contributed by atoms with E-state index in [0.29, 0.717) is 0 Å². The van der Waals surface area contributed by atoms with Crippen molar-refractivity contribution in [3.63, 3.8) is 0 Å². The van der Waals surface area contributed by atoms with Gasteiger partial charge in [-0.15, -0.1) is 0 Å². The van der Waals surface area contributed by atoms with Gasteiger partial charge < -0.3 is 5.11 Å². The van der Waals surface area contributed by atoms with E-state index in [1.165, 1.54) is 0 Å². The molecule has 1 aromatic rings. The smallest absolute Gasteiger partial charge is 0.344 e. The Kier molecular flexibility index (Phi) is 3.15. The fourth-order valence-corrected chi connectivity index (χ4v) is 2.15. The molecule has 0 radical (unpaired) electrons. The summed E-state index contributed by atoms with van der Waals surface area (Å²) < 4.78 is 22.0. The van der Waals surface area contributed by atoms with Crippen molar-refractivity contribution in [1.29, 1.82) is 0 Å². The molecule has 1 rings (SSSR count). The average Bonchev–Trinajstić information content (AvgIpc) is 2.14. The molecule has 0 unspecified atom stereocenters. The van der Waals surface area contributed by atoms with Gasteiger partial charge in [-0.3, -0.25) is 10.1 Å². The SMILES string of the molecule is O=C(O)c1c([N+](=O)[O-])cccc1S(=O)(=O)Cl. The number of carboxylic acids is 1. The molecule has 86 valence electrons. The van der Waals surface area contributed by atoms with E-state index < -0.39 is 36.1 Å². The lowest BCUT2D eigenvalue weighted by Gasteiger charge is -2.02. The molecule has 0 aliphatic heterocycles. The van der Waals surface area contributed by atoms with Crippen molar-refractivity contribution in [1.82, 2.24) is 0 Å². The Balaban J connectivity index is 3.72. The standard InChI is InChI=1S/C7H4ClNO6S/c8-16(14,15)5-3-1-2-4(9(12)13)6(5)7(10)11/h1-3H,(H,10,11). The summed E-state index contributed by atoms with van der Waals surface area (Å²) in [6.45, 7) is 0. The van der Waals surface area contributed by atoms with Crippen LogP contribution in [0.15, 0.2) is 23.1 Å². The third-order valence-electron chi connectivity index (χ3n) is 1.68. The Bertz CT molecular complexity index is 566. The first-order valence-electron chi connectivity index (χ1n) is 3.70. The van der Waals surface area contributed by atoms with E-state index in [-0.39, 0.29) is 0 Å². The van der Waals surface area contributed by atoms with Crippen LogP contribution in [0.5, 0.6) is 0 Å². The predicted molar refractivity (Wildman–Crippen MR) is 53.1 cm³/mol. The zero-order chi connectivity index (χ0) is 12.5. The van der Waals surface area contributed by atoms with Crippen LogP contribution in [0.1, 0.15) is 10.4 Å². The summed E-state index contributed by atoms with van der Waals surface area (Å²) in [5, 5.41) is 19.2. The van der Waals surface area contributed by atoms with Gasteiger partial charge in [0.15, 0.2) is 5.56 Å². The maximum absolute atomic E-state index is 11.0. The second kappa shape index (κ2) is 4.06. The molecular weight excluding hydrogens is 262 g/mol. The topological polar surface area (TPSA) is 115 Å². The van der Waals surface area contributed by atoms with Gasteiger partial charge in [0.2, 0.25) is 0 Å². The predicted octanol–water partition coefficient (Wildman–Crippen LogP) is 1.22. The van der Waals surface area contributed by atoms with Crippen LogP contribution in [-0.4, -0.2) is 24.4 Å². The van der Waals surface area contributed by atoms with Gasteiger partial charge in [0.05, 0.1) is 4.92 Å². The van der Waals surface area contributed by atoms with Crippen LogP contribution < -0.4 is 0 Å². The highest BCUT2D eigenvalue weighted by molar-refractivity contribution is 8.13. The van der Waals surface area contributed by atoms with Crippen molar-refractivity contribution in [3.05, 3.63) is 33.9 Å². The number of aromatic carboxylic acids is 1. The maximum Gasteiger partial charge on any atom is 0.344 e. The molecule has 0 aliphatic carbocycles. The minimum absolute atomic E-state index is 0.795. The van der Waals surface area contributed by atoms with Crippen molar-refractivity contribution in [3.8, 4) is 0 Å². The molecule has 0 saturated carbocycles. The number of nitrogens with zero attached hydrogens (tertiary/aromatic N) is 1. The average molecular weight is 266 g/mol.